The van der Waals surface area contributed by atoms with Gasteiger partial charge in [-0.25, -0.2) is 9.59 Å². The van der Waals surface area contributed by atoms with Gasteiger partial charge in [-0.3, -0.25) is 4.90 Å². The molecule has 1 aromatic rings. The lowest BCUT2D eigenvalue weighted by atomic mass is 9.97. The van der Waals surface area contributed by atoms with Crippen LogP contribution in [0.25, 0.3) is 0 Å². The summed E-state index contributed by atoms with van der Waals surface area (Å²) in [6.45, 7) is 9.78. The molecule has 1 heterocycles. The fourth-order valence-corrected chi connectivity index (χ4v) is 3.36. The Hall–Kier alpha value is -2.08. The lowest BCUT2D eigenvalue weighted by Crippen LogP contribution is -2.59. The van der Waals surface area contributed by atoms with Crippen molar-refractivity contribution in [3.63, 3.8) is 0 Å². The summed E-state index contributed by atoms with van der Waals surface area (Å²) in [5.74, 6) is -0.437. The number of amides is 1. The van der Waals surface area contributed by atoms with Gasteiger partial charge in [0.05, 0.1) is 19.8 Å². The summed E-state index contributed by atoms with van der Waals surface area (Å²) < 4.78 is 16.8. The van der Waals surface area contributed by atoms with Crippen LogP contribution >= 0.6 is 0 Å². The molecular formula is C21H31NO5. The van der Waals surface area contributed by atoms with Crippen molar-refractivity contribution in [2.45, 2.75) is 71.2 Å². The molecule has 1 saturated heterocycles. The first kappa shape index (κ1) is 21.2. The number of carbonyl (C=O) groups excluding carboxylic acids is 2. The maximum atomic E-state index is 12.9. The molecule has 2 unspecified atom stereocenters. The fourth-order valence-electron chi connectivity index (χ4n) is 3.36. The number of nitrogens with zero attached hydrogens (tertiary/aromatic N) is 1. The Morgan fingerprint density at radius 1 is 1.22 bits per heavy atom. The zero-order valence-corrected chi connectivity index (χ0v) is 17.0. The summed E-state index contributed by atoms with van der Waals surface area (Å²) in [7, 11) is 0. The molecule has 150 valence electrons. The predicted octanol–water partition coefficient (Wildman–Crippen LogP) is 3.92. The van der Waals surface area contributed by atoms with E-state index in [2.05, 4.69) is 0 Å². The van der Waals surface area contributed by atoms with E-state index in [1.54, 1.807) is 6.92 Å². The van der Waals surface area contributed by atoms with Crippen LogP contribution in [0.5, 0.6) is 0 Å². The van der Waals surface area contributed by atoms with Gasteiger partial charge in [-0.15, -0.1) is 0 Å². The van der Waals surface area contributed by atoms with E-state index in [1.807, 2.05) is 58.0 Å². The second kappa shape index (κ2) is 8.74. The van der Waals surface area contributed by atoms with Gasteiger partial charge >= 0.3 is 12.1 Å². The Morgan fingerprint density at radius 2 is 1.89 bits per heavy atom. The third-order valence-electron chi connectivity index (χ3n) is 4.58. The number of carbonyl (C=O) groups is 2. The fraction of sp³-hybridized carbons (Fsp3) is 0.619. The van der Waals surface area contributed by atoms with Crippen LogP contribution in [0.3, 0.4) is 0 Å². The molecule has 0 saturated carbocycles. The largest absolute Gasteiger partial charge is 0.464 e. The highest BCUT2D eigenvalue weighted by atomic mass is 16.6. The molecule has 2 atom stereocenters. The van der Waals surface area contributed by atoms with Gasteiger partial charge in [-0.05, 0) is 53.0 Å². The van der Waals surface area contributed by atoms with Gasteiger partial charge in [0.1, 0.15) is 5.60 Å². The Balaban J connectivity index is 2.22. The van der Waals surface area contributed by atoms with Gasteiger partial charge in [0, 0.05) is 6.04 Å². The number of ether oxygens (including phenoxy) is 3. The molecule has 0 bridgehead atoms. The van der Waals surface area contributed by atoms with Crippen LogP contribution in [0.1, 0.15) is 53.0 Å². The van der Waals surface area contributed by atoms with Crippen LogP contribution in [0, 0.1) is 0 Å². The SMILES string of the molecule is CCOC(=O)C1(COCc2ccccc2)CCC(C)N1C(=O)OC(C)(C)C. The molecule has 1 fully saturated rings. The third-order valence-corrected chi connectivity index (χ3v) is 4.58. The molecule has 6 heteroatoms. The lowest BCUT2D eigenvalue weighted by Gasteiger charge is -2.38. The Labute approximate surface area is 161 Å². The maximum absolute atomic E-state index is 12.9. The van der Waals surface area contributed by atoms with E-state index in [1.165, 1.54) is 4.90 Å². The number of likely N-dealkylation sites (tertiary alicyclic amines) is 1. The van der Waals surface area contributed by atoms with Crippen molar-refractivity contribution < 1.29 is 23.8 Å². The minimum absolute atomic E-state index is 0.0737. The minimum atomic E-state index is -1.16. The first-order chi connectivity index (χ1) is 12.7. The average Bonchev–Trinajstić information content (AvgIpc) is 2.92. The number of hydrogen-bond donors (Lipinski definition) is 0. The molecule has 0 spiro atoms. The smallest absolute Gasteiger partial charge is 0.411 e. The Morgan fingerprint density at radius 3 is 2.48 bits per heavy atom. The first-order valence-corrected chi connectivity index (χ1v) is 9.51. The zero-order chi connectivity index (χ0) is 20.1. The topological polar surface area (TPSA) is 65.1 Å². The summed E-state index contributed by atoms with van der Waals surface area (Å²) in [5, 5.41) is 0. The lowest BCUT2D eigenvalue weighted by molar-refractivity contribution is -0.161. The predicted molar refractivity (Wildman–Crippen MR) is 102 cm³/mol. The molecule has 2 rings (SSSR count). The summed E-state index contributed by atoms with van der Waals surface area (Å²) in [5.41, 5.74) is -0.802. The molecule has 27 heavy (non-hydrogen) atoms. The van der Waals surface area contributed by atoms with Crippen molar-refractivity contribution in [3.8, 4) is 0 Å². The van der Waals surface area contributed by atoms with Gasteiger partial charge < -0.3 is 14.2 Å². The van der Waals surface area contributed by atoms with Crippen LogP contribution in [-0.4, -0.2) is 47.4 Å². The standard InChI is InChI=1S/C21H31NO5/c1-6-26-18(23)21(15-25-14-17-10-8-7-9-11-17)13-12-16(2)22(21)19(24)27-20(3,4)5/h7-11,16H,6,12-15H2,1-5H3. The van der Waals surface area contributed by atoms with Gasteiger partial charge in [0.25, 0.3) is 0 Å². The van der Waals surface area contributed by atoms with Crippen molar-refractivity contribution in [3.05, 3.63) is 35.9 Å². The summed E-state index contributed by atoms with van der Waals surface area (Å²) >= 11 is 0. The second-order valence-corrected chi connectivity index (χ2v) is 7.97. The van der Waals surface area contributed by atoms with E-state index < -0.39 is 23.2 Å². The monoisotopic (exact) mass is 377 g/mol. The van der Waals surface area contributed by atoms with Crippen LogP contribution in [0.2, 0.25) is 0 Å². The molecule has 0 radical (unpaired) electrons. The van der Waals surface area contributed by atoms with Crippen LogP contribution in [0.15, 0.2) is 30.3 Å². The molecular weight excluding hydrogens is 346 g/mol. The molecule has 6 nitrogen and oxygen atoms in total. The normalized spacial score (nSPS) is 22.6. The highest BCUT2D eigenvalue weighted by molar-refractivity contribution is 5.87. The maximum Gasteiger partial charge on any atom is 0.411 e. The minimum Gasteiger partial charge on any atom is -0.464 e. The van der Waals surface area contributed by atoms with Gasteiger partial charge in [-0.2, -0.15) is 0 Å². The quantitative estimate of drug-likeness (QED) is 0.703. The number of esters is 1. The molecule has 1 amide bonds. The highest BCUT2D eigenvalue weighted by Gasteiger charge is 2.55. The highest BCUT2D eigenvalue weighted by Crippen LogP contribution is 2.37. The zero-order valence-electron chi connectivity index (χ0n) is 17.0. The van der Waals surface area contributed by atoms with E-state index in [9.17, 15) is 9.59 Å². The van der Waals surface area contributed by atoms with Gasteiger partial charge in [0.2, 0.25) is 0 Å². The molecule has 1 aliphatic rings. The Bertz CT molecular complexity index is 640. The number of benzene rings is 1. The summed E-state index contributed by atoms with van der Waals surface area (Å²) in [6.07, 6.45) is 0.664. The summed E-state index contributed by atoms with van der Waals surface area (Å²) in [6, 6.07) is 9.59. The van der Waals surface area contributed by atoms with Crippen molar-refractivity contribution in [2.75, 3.05) is 13.2 Å². The second-order valence-electron chi connectivity index (χ2n) is 7.97. The van der Waals surface area contributed by atoms with E-state index in [0.717, 1.165) is 5.56 Å². The van der Waals surface area contributed by atoms with Gasteiger partial charge in [0.15, 0.2) is 5.54 Å². The number of hydrogen-bond acceptors (Lipinski definition) is 5. The van der Waals surface area contributed by atoms with Crippen molar-refractivity contribution in [1.82, 2.24) is 4.90 Å². The van der Waals surface area contributed by atoms with E-state index in [4.69, 9.17) is 14.2 Å². The van der Waals surface area contributed by atoms with Crippen LogP contribution < -0.4 is 0 Å². The number of rotatable bonds is 6. The van der Waals surface area contributed by atoms with E-state index in [-0.39, 0.29) is 19.3 Å². The van der Waals surface area contributed by atoms with Crippen LogP contribution in [-0.2, 0) is 25.6 Å². The molecule has 1 aliphatic heterocycles. The van der Waals surface area contributed by atoms with E-state index >= 15 is 0 Å². The molecule has 0 N–H and O–H groups in total. The van der Waals surface area contributed by atoms with E-state index in [0.29, 0.717) is 19.4 Å². The van der Waals surface area contributed by atoms with Crippen LogP contribution in [0.4, 0.5) is 4.79 Å². The average molecular weight is 377 g/mol. The third kappa shape index (κ3) is 5.22. The first-order valence-electron chi connectivity index (χ1n) is 9.51. The molecule has 1 aromatic carbocycles. The van der Waals surface area contributed by atoms with Crippen molar-refractivity contribution >= 4 is 12.1 Å². The van der Waals surface area contributed by atoms with Crippen molar-refractivity contribution in [2.24, 2.45) is 0 Å². The molecule has 0 aromatic heterocycles. The van der Waals surface area contributed by atoms with Gasteiger partial charge in [-0.1, -0.05) is 30.3 Å². The Kier molecular flexibility index (Phi) is 6.87. The summed E-state index contributed by atoms with van der Waals surface area (Å²) in [4.78, 5) is 27.3. The van der Waals surface area contributed by atoms with Crippen molar-refractivity contribution in [1.29, 1.82) is 0 Å². The molecule has 0 aliphatic carbocycles.